The van der Waals surface area contributed by atoms with Crippen molar-refractivity contribution in [3.63, 3.8) is 0 Å². The Morgan fingerprint density at radius 2 is 1.95 bits per heavy atom. The van der Waals surface area contributed by atoms with Crippen molar-refractivity contribution in [3.8, 4) is 5.75 Å². The number of carbonyl (C=O) groups excluding carboxylic acids is 1. The number of ether oxygens (including phenoxy) is 1. The van der Waals surface area contributed by atoms with Gasteiger partial charge in [0, 0.05) is 10.2 Å². The van der Waals surface area contributed by atoms with Gasteiger partial charge in [0.2, 0.25) is 0 Å². The number of hydrogen-bond acceptors (Lipinski definition) is 2. The molecule has 3 nitrogen and oxygen atoms in total. The Balaban J connectivity index is 1.93. The lowest BCUT2D eigenvalue weighted by Gasteiger charge is -2.10. The lowest BCUT2D eigenvalue weighted by atomic mass is 10.2. The van der Waals surface area contributed by atoms with Crippen LogP contribution in [0.3, 0.4) is 0 Å². The minimum absolute atomic E-state index is 0.00400. The first-order valence-electron chi connectivity index (χ1n) is 5.89. The van der Waals surface area contributed by atoms with Crippen molar-refractivity contribution in [3.05, 3.63) is 58.6 Å². The lowest BCUT2D eigenvalue weighted by molar-refractivity contribution is -0.118. The number of rotatable bonds is 4. The van der Waals surface area contributed by atoms with Crippen LogP contribution < -0.4 is 10.1 Å². The van der Waals surface area contributed by atoms with Crippen LogP contribution in [0, 0.1) is 6.92 Å². The summed E-state index contributed by atoms with van der Waals surface area (Å²) < 4.78 is 6.31. The van der Waals surface area contributed by atoms with E-state index >= 15 is 0 Å². The zero-order valence-corrected chi connectivity index (χ0v) is 12.1. The molecule has 0 heterocycles. The molecule has 0 aromatic heterocycles. The molecule has 98 valence electrons. The molecule has 0 atom stereocenters. The zero-order valence-electron chi connectivity index (χ0n) is 10.5. The molecule has 0 saturated carbocycles. The SMILES string of the molecule is Cc1ccc(Br)cc1NC(=O)COc1ccccc1. The van der Waals surface area contributed by atoms with E-state index in [1.165, 1.54) is 0 Å². The molecule has 0 unspecified atom stereocenters. The molecule has 0 fully saturated rings. The van der Waals surface area contributed by atoms with Crippen molar-refractivity contribution in [2.45, 2.75) is 6.92 Å². The highest BCUT2D eigenvalue weighted by Gasteiger charge is 2.06. The van der Waals surface area contributed by atoms with E-state index in [-0.39, 0.29) is 12.5 Å². The average molecular weight is 320 g/mol. The van der Waals surface area contributed by atoms with Crippen molar-refractivity contribution in [2.24, 2.45) is 0 Å². The smallest absolute Gasteiger partial charge is 0.262 e. The van der Waals surface area contributed by atoms with Gasteiger partial charge >= 0.3 is 0 Å². The van der Waals surface area contributed by atoms with Gasteiger partial charge in [-0.25, -0.2) is 0 Å². The molecule has 2 rings (SSSR count). The van der Waals surface area contributed by atoms with Gasteiger partial charge in [-0.1, -0.05) is 40.2 Å². The van der Waals surface area contributed by atoms with Crippen LogP contribution in [0.15, 0.2) is 53.0 Å². The minimum Gasteiger partial charge on any atom is -0.484 e. The van der Waals surface area contributed by atoms with E-state index < -0.39 is 0 Å². The number of halogens is 1. The van der Waals surface area contributed by atoms with Crippen molar-refractivity contribution in [1.82, 2.24) is 0 Å². The summed E-state index contributed by atoms with van der Waals surface area (Å²) in [6.45, 7) is 1.94. The fourth-order valence-electron chi connectivity index (χ4n) is 1.58. The number of para-hydroxylation sites is 1. The summed E-state index contributed by atoms with van der Waals surface area (Å²) in [5.74, 6) is 0.508. The van der Waals surface area contributed by atoms with Crippen LogP contribution in [-0.4, -0.2) is 12.5 Å². The van der Waals surface area contributed by atoms with Crippen LogP contribution in [0.4, 0.5) is 5.69 Å². The van der Waals surface area contributed by atoms with E-state index in [9.17, 15) is 4.79 Å². The second kappa shape index (κ2) is 6.38. The molecule has 1 amide bonds. The number of aryl methyl sites for hydroxylation is 1. The first kappa shape index (κ1) is 13.6. The van der Waals surface area contributed by atoms with E-state index in [0.717, 1.165) is 15.7 Å². The Morgan fingerprint density at radius 3 is 2.68 bits per heavy atom. The summed E-state index contributed by atoms with van der Waals surface area (Å²) >= 11 is 3.38. The molecule has 0 radical (unpaired) electrons. The monoisotopic (exact) mass is 319 g/mol. The number of hydrogen-bond donors (Lipinski definition) is 1. The van der Waals surface area contributed by atoms with E-state index in [0.29, 0.717) is 5.75 Å². The predicted octanol–water partition coefficient (Wildman–Crippen LogP) is 3.78. The maximum Gasteiger partial charge on any atom is 0.262 e. The Morgan fingerprint density at radius 1 is 1.21 bits per heavy atom. The van der Waals surface area contributed by atoms with E-state index in [1.807, 2.05) is 55.5 Å². The highest BCUT2D eigenvalue weighted by atomic mass is 79.9. The van der Waals surface area contributed by atoms with Crippen LogP contribution in [0.25, 0.3) is 0 Å². The summed E-state index contributed by atoms with van der Waals surface area (Å²) in [4.78, 5) is 11.8. The molecule has 19 heavy (non-hydrogen) atoms. The van der Waals surface area contributed by atoms with Gasteiger partial charge in [0.15, 0.2) is 6.61 Å². The Hall–Kier alpha value is -1.81. The molecule has 0 aliphatic heterocycles. The quantitative estimate of drug-likeness (QED) is 0.931. The van der Waals surface area contributed by atoms with Gasteiger partial charge in [0.05, 0.1) is 0 Å². The molecule has 0 saturated heterocycles. The minimum atomic E-state index is -0.176. The van der Waals surface area contributed by atoms with Gasteiger partial charge in [-0.15, -0.1) is 0 Å². The molecule has 0 aliphatic carbocycles. The second-order valence-electron chi connectivity index (χ2n) is 4.11. The summed E-state index contributed by atoms with van der Waals surface area (Å²) in [7, 11) is 0. The Labute approximate surface area is 120 Å². The molecule has 2 aromatic carbocycles. The van der Waals surface area contributed by atoms with Crippen molar-refractivity contribution in [1.29, 1.82) is 0 Å². The topological polar surface area (TPSA) is 38.3 Å². The number of nitrogens with one attached hydrogen (secondary N) is 1. The summed E-state index contributed by atoms with van der Waals surface area (Å²) in [5, 5.41) is 2.83. The average Bonchev–Trinajstić information content (AvgIpc) is 2.42. The summed E-state index contributed by atoms with van der Waals surface area (Å²) in [6, 6.07) is 15.0. The van der Waals surface area contributed by atoms with Crippen molar-refractivity contribution < 1.29 is 9.53 Å². The van der Waals surface area contributed by atoms with Crippen molar-refractivity contribution in [2.75, 3.05) is 11.9 Å². The maximum atomic E-state index is 11.8. The lowest BCUT2D eigenvalue weighted by Crippen LogP contribution is -2.20. The summed E-state index contributed by atoms with van der Waals surface area (Å²) in [6.07, 6.45) is 0. The molecule has 0 aliphatic rings. The largest absolute Gasteiger partial charge is 0.484 e. The van der Waals surface area contributed by atoms with Crippen molar-refractivity contribution >= 4 is 27.5 Å². The fourth-order valence-corrected chi connectivity index (χ4v) is 1.94. The molecule has 4 heteroatoms. The maximum absolute atomic E-state index is 11.8. The van der Waals surface area contributed by atoms with Gasteiger partial charge < -0.3 is 10.1 Å². The molecule has 1 N–H and O–H groups in total. The normalized spacial score (nSPS) is 10.0. The number of anilines is 1. The van der Waals surface area contributed by atoms with Crippen LogP contribution >= 0.6 is 15.9 Å². The third-order valence-corrected chi connectivity index (χ3v) is 3.08. The number of benzene rings is 2. The van der Waals surface area contributed by atoms with Crippen LogP contribution in [0.5, 0.6) is 5.75 Å². The van der Waals surface area contributed by atoms with Gasteiger partial charge in [0.1, 0.15) is 5.75 Å². The third-order valence-electron chi connectivity index (χ3n) is 2.59. The molecule has 0 bridgehead atoms. The predicted molar refractivity (Wildman–Crippen MR) is 79.4 cm³/mol. The molecular formula is C15H14BrNO2. The van der Waals surface area contributed by atoms with E-state index in [2.05, 4.69) is 21.2 Å². The third kappa shape index (κ3) is 4.10. The molecular weight excluding hydrogens is 306 g/mol. The highest BCUT2D eigenvalue weighted by Crippen LogP contribution is 2.20. The number of amides is 1. The van der Waals surface area contributed by atoms with E-state index in [4.69, 9.17) is 4.74 Å². The van der Waals surface area contributed by atoms with E-state index in [1.54, 1.807) is 0 Å². The molecule has 2 aromatic rings. The summed E-state index contributed by atoms with van der Waals surface area (Å²) in [5.41, 5.74) is 1.80. The van der Waals surface area contributed by atoms with Crippen LogP contribution in [0.2, 0.25) is 0 Å². The van der Waals surface area contributed by atoms with Gasteiger partial charge in [-0.05, 0) is 36.8 Å². The first-order valence-corrected chi connectivity index (χ1v) is 6.68. The standard InChI is InChI=1S/C15H14BrNO2/c1-11-7-8-12(16)9-14(11)17-15(18)10-19-13-5-3-2-4-6-13/h2-9H,10H2,1H3,(H,17,18). The highest BCUT2D eigenvalue weighted by molar-refractivity contribution is 9.10. The van der Waals surface area contributed by atoms with Crippen LogP contribution in [0.1, 0.15) is 5.56 Å². The van der Waals surface area contributed by atoms with Crippen LogP contribution in [-0.2, 0) is 4.79 Å². The molecule has 0 spiro atoms. The Kier molecular flexibility index (Phi) is 4.58. The zero-order chi connectivity index (χ0) is 13.7. The number of carbonyl (C=O) groups is 1. The fraction of sp³-hybridized carbons (Fsp3) is 0.133. The second-order valence-corrected chi connectivity index (χ2v) is 5.02. The first-order chi connectivity index (χ1) is 9.15. The van der Waals surface area contributed by atoms with Gasteiger partial charge in [-0.3, -0.25) is 4.79 Å². The Bertz CT molecular complexity index is 570. The van der Waals surface area contributed by atoms with Gasteiger partial charge in [-0.2, -0.15) is 0 Å². The van der Waals surface area contributed by atoms with Gasteiger partial charge in [0.25, 0.3) is 5.91 Å².